The number of hydrogen-bond donors (Lipinski definition) is 1. The Morgan fingerprint density at radius 3 is 2.17 bits per heavy atom. The summed E-state index contributed by atoms with van der Waals surface area (Å²) < 4.78 is 0. The molecule has 0 saturated carbocycles. The van der Waals surface area contributed by atoms with Crippen molar-refractivity contribution in [1.82, 2.24) is 0 Å². The minimum absolute atomic E-state index is 0.0149. The summed E-state index contributed by atoms with van der Waals surface area (Å²) in [7, 11) is 0. The van der Waals surface area contributed by atoms with Gasteiger partial charge in [0.05, 0.1) is 0 Å². The van der Waals surface area contributed by atoms with Gasteiger partial charge in [0.2, 0.25) is 0 Å². The Morgan fingerprint density at radius 1 is 1.06 bits per heavy atom. The highest BCUT2D eigenvalue weighted by atomic mass is 14.6. The highest BCUT2D eigenvalue weighted by molar-refractivity contribution is 5.42. The zero-order valence-corrected chi connectivity index (χ0v) is 12.4. The molecular formula is C17H27N. The molecule has 0 amide bonds. The van der Waals surface area contributed by atoms with E-state index in [4.69, 9.17) is 5.73 Å². The molecule has 1 nitrogen and oxygen atoms in total. The molecule has 0 aliphatic rings. The molecular weight excluding hydrogens is 218 g/mol. The van der Waals surface area contributed by atoms with Crippen LogP contribution in [0.3, 0.4) is 0 Å². The Hall–Kier alpha value is -1.08. The van der Waals surface area contributed by atoms with Gasteiger partial charge in [0, 0.05) is 6.04 Å². The first kappa shape index (κ1) is 15.0. The van der Waals surface area contributed by atoms with Gasteiger partial charge in [-0.25, -0.2) is 0 Å². The number of allylic oxidation sites excluding steroid dienone is 1. The molecule has 1 atom stereocenters. The highest BCUT2D eigenvalue weighted by Gasteiger charge is 2.16. The maximum Gasteiger partial charge on any atom is 0.0484 e. The van der Waals surface area contributed by atoms with E-state index in [1.807, 2.05) is 0 Å². The lowest BCUT2D eigenvalue weighted by Crippen LogP contribution is -2.13. The molecule has 0 saturated heterocycles. The molecule has 1 aromatic carbocycles. The molecule has 100 valence electrons. The predicted molar refractivity (Wildman–Crippen MR) is 81.0 cm³/mol. The maximum atomic E-state index is 6.30. The van der Waals surface area contributed by atoms with Gasteiger partial charge in [0.15, 0.2) is 0 Å². The Labute approximate surface area is 112 Å². The number of hydrogen-bond acceptors (Lipinski definition) is 1. The van der Waals surface area contributed by atoms with E-state index in [0.29, 0.717) is 11.8 Å². The second-order valence-corrected chi connectivity index (χ2v) is 5.52. The summed E-state index contributed by atoms with van der Waals surface area (Å²) in [5.41, 5.74) is 10.4. The Kier molecular flexibility index (Phi) is 5.61. The molecule has 0 fully saturated rings. The summed E-state index contributed by atoms with van der Waals surface area (Å²) >= 11 is 0. The van der Waals surface area contributed by atoms with Crippen molar-refractivity contribution in [3.05, 3.63) is 47.0 Å². The lowest BCUT2D eigenvalue weighted by molar-refractivity contribution is 0.757. The molecule has 2 N–H and O–H groups in total. The van der Waals surface area contributed by atoms with Crippen molar-refractivity contribution in [2.75, 3.05) is 0 Å². The molecule has 1 aromatic rings. The fourth-order valence-corrected chi connectivity index (χ4v) is 2.45. The summed E-state index contributed by atoms with van der Waals surface area (Å²) in [5.74, 6) is 1.06. The monoisotopic (exact) mass is 245 g/mol. The molecule has 0 bridgehead atoms. The van der Waals surface area contributed by atoms with Gasteiger partial charge in [0.25, 0.3) is 0 Å². The van der Waals surface area contributed by atoms with E-state index >= 15 is 0 Å². The van der Waals surface area contributed by atoms with Gasteiger partial charge >= 0.3 is 0 Å². The Bertz CT molecular complexity index is 402. The SMILES string of the molecule is CCC=CC(N)c1cccc(C(C)C)c1C(C)C. The Morgan fingerprint density at radius 2 is 1.67 bits per heavy atom. The largest absolute Gasteiger partial charge is 0.321 e. The lowest BCUT2D eigenvalue weighted by atomic mass is 9.84. The first-order valence-electron chi connectivity index (χ1n) is 7.03. The minimum Gasteiger partial charge on any atom is -0.321 e. The summed E-state index contributed by atoms with van der Waals surface area (Å²) in [4.78, 5) is 0. The van der Waals surface area contributed by atoms with Crippen LogP contribution in [0.4, 0.5) is 0 Å². The van der Waals surface area contributed by atoms with Crippen LogP contribution in [0, 0.1) is 0 Å². The van der Waals surface area contributed by atoms with E-state index in [1.54, 1.807) is 0 Å². The van der Waals surface area contributed by atoms with Gasteiger partial charge in [-0.1, -0.05) is 65.0 Å². The summed E-state index contributed by atoms with van der Waals surface area (Å²) in [6.45, 7) is 11.1. The number of benzene rings is 1. The van der Waals surface area contributed by atoms with Crippen LogP contribution >= 0.6 is 0 Å². The highest BCUT2D eigenvalue weighted by Crippen LogP contribution is 2.32. The first-order valence-corrected chi connectivity index (χ1v) is 7.03. The van der Waals surface area contributed by atoms with E-state index in [1.165, 1.54) is 16.7 Å². The van der Waals surface area contributed by atoms with E-state index in [9.17, 15) is 0 Å². The molecule has 1 unspecified atom stereocenters. The molecule has 0 radical (unpaired) electrons. The van der Waals surface area contributed by atoms with E-state index in [0.717, 1.165) is 6.42 Å². The average molecular weight is 245 g/mol. The summed E-state index contributed by atoms with van der Waals surface area (Å²) in [6, 6.07) is 6.56. The normalized spacial score (nSPS) is 13.8. The van der Waals surface area contributed by atoms with Crippen molar-refractivity contribution in [3.8, 4) is 0 Å². The van der Waals surface area contributed by atoms with Gasteiger partial charge in [-0.3, -0.25) is 0 Å². The summed E-state index contributed by atoms with van der Waals surface area (Å²) in [5, 5.41) is 0. The third kappa shape index (κ3) is 3.46. The van der Waals surface area contributed by atoms with Crippen molar-refractivity contribution >= 4 is 0 Å². The van der Waals surface area contributed by atoms with Crippen LogP contribution in [-0.4, -0.2) is 0 Å². The van der Waals surface area contributed by atoms with Crippen molar-refractivity contribution in [2.45, 2.75) is 58.9 Å². The molecule has 0 heterocycles. The van der Waals surface area contributed by atoms with Crippen LogP contribution in [0.1, 0.15) is 75.6 Å². The quantitative estimate of drug-likeness (QED) is 0.734. The third-order valence-electron chi connectivity index (χ3n) is 3.31. The summed E-state index contributed by atoms with van der Waals surface area (Å²) in [6.07, 6.45) is 5.30. The van der Waals surface area contributed by atoms with Crippen LogP contribution in [0.25, 0.3) is 0 Å². The van der Waals surface area contributed by atoms with Crippen molar-refractivity contribution in [1.29, 1.82) is 0 Å². The standard InChI is InChI=1S/C17H27N/c1-6-7-11-16(18)15-10-8-9-14(12(2)3)17(15)13(4)5/h7-13,16H,6,18H2,1-5H3. The number of rotatable bonds is 5. The fraction of sp³-hybridized carbons (Fsp3) is 0.529. The zero-order chi connectivity index (χ0) is 13.7. The van der Waals surface area contributed by atoms with Gasteiger partial charge in [-0.15, -0.1) is 0 Å². The van der Waals surface area contributed by atoms with Crippen LogP contribution in [0.2, 0.25) is 0 Å². The zero-order valence-electron chi connectivity index (χ0n) is 12.4. The molecule has 1 rings (SSSR count). The van der Waals surface area contributed by atoms with Crippen LogP contribution in [0.5, 0.6) is 0 Å². The van der Waals surface area contributed by atoms with Gasteiger partial charge < -0.3 is 5.73 Å². The maximum absolute atomic E-state index is 6.30. The second-order valence-electron chi connectivity index (χ2n) is 5.52. The lowest BCUT2D eigenvalue weighted by Gasteiger charge is -2.22. The van der Waals surface area contributed by atoms with Gasteiger partial charge in [-0.2, -0.15) is 0 Å². The van der Waals surface area contributed by atoms with Gasteiger partial charge in [0.1, 0.15) is 0 Å². The second kappa shape index (κ2) is 6.75. The molecule has 0 aliphatic carbocycles. The number of nitrogens with two attached hydrogens (primary N) is 1. The molecule has 1 heteroatoms. The topological polar surface area (TPSA) is 26.0 Å². The fourth-order valence-electron chi connectivity index (χ4n) is 2.45. The van der Waals surface area contributed by atoms with Crippen LogP contribution in [-0.2, 0) is 0 Å². The van der Waals surface area contributed by atoms with Crippen LogP contribution in [0.15, 0.2) is 30.4 Å². The first-order chi connectivity index (χ1) is 8.49. The van der Waals surface area contributed by atoms with E-state index in [-0.39, 0.29) is 6.04 Å². The smallest absolute Gasteiger partial charge is 0.0484 e. The van der Waals surface area contributed by atoms with Gasteiger partial charge in [-0.05, 0) is 34.9 Å². The van der Waals surface area contributed by atoms with Crippen molar-refractivity contribution < 1.29 is 0 Å². The van der Waals surface area contributed by atoms with E-state index in [2.05, 4.69) is 65.0 Å². The van der Waals surface area contributed by atoms with Crippen LogP contribution < -0.4 is 5.73 Å². The third-order valence-corrected chi connectivity index (χ3v) is 3.31. The molecule has 0 aliphatic heterocycles. The molecule has 0 spiro atoms. The average Bonchev–Trinajstić information content (AvgIpc) is 2.34. The predicted octanol–water partition coefficient (Wildman–Crippen LogP) is 4.90. The van der Waals surface area contributed by atoms with Crippen molar-refractivity contribution in [3.63, 3.8) is 0 Å². The van der Waals surface area contributed by atoms with E-state index < -0.39 is 0 Å². The molecule has 18 heavy (non-hydrogen) atoms. The molecule has 0 aromatic heterocycles. The van der Waals surface area contributed by atoms with Crippen molar-refractivity contribution in [2.24, 2.45) is 5.73 Å². The Balaban J connectivity index is 3.26. The minimum atomic E-state index is 0.0149.